The van der Waals surface area contributed by atoms with E-state index in [1.54, 1.807) is 14.0 Å². The van der Waals surface area contributed by atoms with Gasteiger partial charge in [0, 0.05) is 31.0 Å². The summed E-state index contributed by atoms with van der Waals surface area (Å²) in [6.07, 6.45) is 1.85. The Kier molecular flexibility index (Phi) is 4.56. The van der Waals surface area contributed by atoms with Crippen molar-refractivity contribution < 1.29 is 13.2 Å². The largest absolute Gasteiger partial charge is 0.377 e. The predicted octanol–water partition coefficient (Wildman–Crippen LogP) is -0.105. The minimum Gasteiger partial charge on any atom is -0.377 e. The van der Waals surface area contributed by atoms with Crippen LogP contribution in [0.2, 0.25) is 0 Å². The molecule has 2 heterocycles. The molecule has 108 valence electrons. The summed E-state index contributed by atoms with van der Waals surface area (Å²) in [5.74, 6) is 0. The summed E-state index contributed by atoms with van der Waals surface area (Å²) in [6, 6.07) is 0. The van der Waals surface area contributed by atoms with Gasteiger partial charge in [0.05, 0.1) is 6.10 Å². The number of hydrogen-bond acceptors (Lipinski definition) is 5. The van der Waals surface area contributed by atoms with Crippen molar-refractivity contribution in [2.24, 2.45) is 0 Å². The highest BCUT2D eigenvalue weighted by Gasteiger charge is 2.25. The summed E-state index contributed by atoms with van der Waals surface area (Å²) in [5, 5.41) is 9.62. The van der Waals surface area contributed by atoms with Gasteiger partial charge in [0.15, 0.2) is 5.03 Å². The van der Waals surface area contributed by atoms with Gasteiger partial charge in [-0.05, 0) is 26.8 Å². The number of hydrogen-bond donors (Lipinski definition) is 3. The first kappa shape index (κ1) is 14.4. The molecule has 0 amide bonds. The number of H-pyrrole nitrogens is 1. The molecule has 7 nitrogen and oxygen atoms in total. The second-order valence-corrected chi connectivity index (χ2v) is 6.33. The molecule has 0 aliphatic carbocycles. The molecule has 1 unspecified atom stereocenters. The van der Waals surface area contributed by atoms with Gasteiger partial charge in [-0.3, -0.25) is 5.10 Å². The number of ether oxygens (including phenoxy) is 1. The van der Waals surface area contributed by atoms with E-state index < -0.39 is 10.0 Å². The van der Waals surface area contributed by atoms with Crippen molar-refractivity contribution in [3.63, 3.8) is 0 Å². The van der Waals surface area contributed by atoms with Gasteiger partial charge < -0.3 is 10.1 Å². The van der Waals surface area contributed by atoms with E-state index >= 15 is 0 Å². The minimum atomic E-state index is -3.59. The molecule has 3 N–H and O–H groups in total. The Bertz CT molecular complexity index is 520. The number of nitrogens with one attached hydrogen (secondary N) is 3. The van der Waals surface area contributed by atoms with Crippen LogP contribution in [0.1, 0.15) is 24.1 Å². The molecule has 2 rings (SSSR count). The molecular formula is C11H20N4O3S. The smallest absolute Gasteiger partial charge is 0.260 e. The third-order valence-electron chi connectivity index (χ3n) is 3.17. The standard InChI is InChI=1S/C11H20N4O3S/c1-8-10(7-12-2)11(15-14-8)19(16,17)13-6-9-4-3-5-18-9/h9,12-13H,3-7H2,1-2H3,(H,14,15). The van der Waals surface area contributed by atoms with Crippen molar-refractivity contribution in [3.8, 4) is 0 Å². The highest BCUT2D eigenvalue weighted by Crippen LogP contribution is 2.17. The fourth-order valence-electron chi connectivity index (χ4n) is 2.11. The summed E-state index contributed by atoms with van der Waals surface area (Å²) in [4.78, 5) is 0. The average Bonchev–Trinajstić information content (AvgIpc) is 2.99. The van der Waals surface area contributed by atoms with Crippen molar-refractivity contribution in [2.45, 2.75) is 37.4 Å². The van der Waals surface area contributed by atoms with Crippen LogP contribution < -0.4 is 10.0 Å². The fourth-order valence-corrected chi connectivity index (χ4v) is 3.37. The van der Waals surface area contributed by atoms with Crippen LogP contribution in [0.5, 0.6) is 0 Å². The molecule has 1 aliphatic heterocycles. The van der Waals surface area contributed by atoms with E-state index in [0.29, 0.717) is 25.3 Å². The highest BCUT2D eigenvalue weighted by molar-refractivity contribution is 7.89. The van der Waals surface area contributed by atoms with Crippen molar-refractivity contribution >= 4 is 10.0 Å². The van der Waals surface area contributed by atoms with E-state index in [2.05, 4.69) is 20.2 Å². The van der Waals surface area contributed by atoms with Crippen LogP contribution in [0.15, 0.2) is 5.03 Å². The topological polar surface area (TPSA) is 96.1 Å². The van der Waals surface area contributed by atoms with E-state index in [9.17, 15) is 8.42 Å². The van der Waals surface area contributed by atoms with Crippen LogP contribution in [0, 0.1) is 6.92 Å². The second-order valence-electron chi connectivity index (χ2n) is 4.65. The van der Waals surface area contributed by atoms with Crippen LogP contribution in [-0.4, -0.2) is 44.9 Å². The first-order chi connectivity index (χ1) is 9.04. The van der Waals surface area contributed by atoms with E-state index in [-0.39, 0.29) is 11.1 Å². The van der Waals surface area contributed by atoms with Gasteiger partial charge in [0.25, 0.3) is 10.0 Å². The average molecular weight is 288 g/mol. The molecule has 0 saturated carbocycles. The number of sulfonamides is 1. The quantitative estimate of drug-likeness (QED) is 0.679. The number of nitrogens with zero attached hydrogens (tertiary/aromatic N) is 1. The molecule has 1 aliphatic rings. The Hall–Kier alpha value is -0.960. The Balaban J connectivity index is 2.10. The first-order valence-electron chi connectivity index (χ1n) is 6.34. The first-order valence-corrected chi connectivity index (χ1v) is 7.82. The molecule has 0 radical (unpaired) electrons. The number of aromatic nitrogens is 2. The SMILES string of the molecule is CNCc1c(S(=O)(=O)NCC2CCCO2)n[nH]c1C. The summed E-state index contributed by atoms with van der Waals surface area (Å²) in [6.45, 7) is 3.27. The molecule has 1 aromatic rings. The lowest BCUT2D eigenvalue weighted by molar-refractivity contribution is 0.114. The molecule has 0 aromatic carbocycles. The fraction of sp³-hybridized carbons (Fsp3) is 0.727. The maximum Gasteiger partial charge on any atom is 0.260 e. The van der Waals surface area contributed by atoms with E-state index in [1.165, 1.54) is 0 Å². The van der Waals surface area contributed by atoms with Crippen LogP contribution in [0.25, 0.3) is 0 Å². The van der Waals surface area contributed by atoms with Gasteiger partial charge in [0.1, 0.15) is 0 Å². The van der Waals surface area contributed by atoms with E-state index in [0.717, 1.165) is 18.5 Å². The molecule has 0 bridgehead atoms. The second kappa shape index (κ2) is 6.00. The summed E-state index contributed by atoms with van der Waals surface area (Å²) >= 11 is 0. The maximum absolute atomic E-state index is 12.2. The third-order valence-corrected chi connectivity index (χ3v) is 4.56. The Morgan fingerprint density at radius 1 is 1.53 bits per heavy atom. The predicted molar refractivity (Wildman–Crippen MR) is 70.3 cm³/mol. The Labute approximate surface area is 113 Å². The third kappa shape index (κ3) is 3.33. The van der Waals surface area contributed by atoms with E-state index in [4.69, 9.17) is 4.74 Å². The molecular weight excluding hydrogens is 268 g/mol. The number of rotatable bonds is 6. The summed E-state index contributed by atoms with van der Waals surface area (Å²) in [5.41, 5.74) is 1.43. The molecule has 8 heteroatoms. The highest BCUT2D eigenvalue weighted by atomic mass is 32.2. The van der Waals surface area contributed by atoms with Crippen LogP contribution in [0.3, 0.4) is 0 Å². The Morgan fingerprint density at radius 2 is 2.32 bits per heavy atom. The molecule has 1 fully saturated rings. The molecule has 0 spiro atoms. The van der Waals surface area contributed by atoms with Gasteiger partial charge in [0.2, 0.25) is 0 Å². The van der Waals surface area contributed by atoms with Crippen molar-refractivity contribution in [3.05, 3.63) is 11.3 Å². The van der Waals surface area contributed by atoms with Crippen molar-refractivity contribution in [1.29, 1.82) is 0 Å². The zero-order chi connectivity index (χ0) is 13.9. The number of aryl methyl sites for hydroxylation is 1. The normalized spacial score (nSPS) is 20.0. The molecule has 19 heavy (non-hydrogen) atoms. The van der Waals surface area contributed by atoms with Crippen LogP contribution in [-0.2, 0) is 21.3 Å². The van der Waals surface area contributed by atoms with Gasteiger partial charge in [-0.2, -0.15) is 5.10 Å². The lowest BCUT2D eigenvalue weighted by Crippen LogP contribution is -2.32. The lowest BCUT2D eigenvalue weighted by atomic mass is 10.2. The van der Waals surface area contributed by atoms with E-state index in [1.807, 2.05) is 0 Å². The maximum atomic E-state index is 12.2. The lowest BCUT2D eigenvalue weighted by Gasteiger charge is -2.11. The zero-order valence-corrected chi connectivity index (χ0v) is 12.0. The molecule has 1 saturated heterocycles. The van der Waals surface area contributed by atoms with Gasteiger partial charge in [-0.15, -0.1) is 0 Å². The van der Waals surface area contributed by atoms with Crippen LogP contribution >= 0.6 is 0 Å². The van der Waals surface area contributed by atoms with Gasteiger partial charge >= 0.3 is 0 Å². The summed E-state index contributed by atoms with van der Waals surface area (Å²) in [7, 11) is -1.83. The van der Waals surface area contributed by atoms with Gasteiger partial charge in [-0.25, -0.2) is 13.1 Å². The number of aromatic amines is 1. The van der Waals surface area contributed by atoms with Crippen LogP contribution in [0.4, 0.5) is 0 Å². The van der Waals surface area contributed by atoms with Crippen molar-refractivity contribution in [2.75, 3.05) is 20.2 Å². The summed E-state index contributed by atoms with van der Waals surface area (Å²) < 4.78 is 32.4. The molecule has 1 aromatic heterocycles. The monoisotopic (exact) mass is 288 g/mol. The zero-order valence-electron chi connectivity index (χ0n) is 11.2. The van der Waals surface area contributed by atoms with Gasteiger partial charge in [-0.1, -0.05) is 0 Å². The minimum absolute atomic E-state index is 0.0254. The Morgan fingerprint density at radius 3 is 2.95 bits per heavy atom. The molecule has 1 atom stereocenters. The van der Waals surface area contributed by atoms with Crippen molar-refractivity contribution in [1.82, 2.24) is 20.2 Å².